The molecule has 0 saturated carbocycles. The molecule has 0 amide bonds. The zero-order valence-electron chi connectivity index (χ0n) is 8.84. The predicted octanol–water partition coefficient (Wildman–Crippen LogP) is 1.43. The highest BCUT2D eigenvalue weighted by molar-refractivity contribution is 5.48. The number of rotatable bonds is 1. The van der Waals surface area contributed by atoms with Gasteiger partial charge in [-0.15, -0.1) is 0 Å². The standard InChI is InChI=1S/C12H12N2O2/c1-8-2-7-11(16)14(12(8)13)9-3-5-10(15)6-4-9/h2-7,15H,13H2,1H3. The maximum absolute atomic E-state index is 11.7. The van der Waals surface area contributed by atoms with Crippen LogP contribution in [0.25, 0.3) is 5.69 Å². The van der Waals surface area contributed by atoms with Gasteiger partial charge in [0.1, 0.15) is 11.6 Å². The molecule has 1 heterocycles. The molecule has 2 aromatic rings. The van der Waals surface area contributed by atoms with Crippen molar-refractivity contribution in [2.45, 2.75) is 6.92 Å². The van der Waals surface area contributed by atoms with E-state index < -0.39 is 0 Å². The molecule has 0 aliphatic carbocycles. The number of hydrogen-bond acceptors (Lipinski definition) is 3. The monoisotopic (exact) mass is 216 g/mol. The Kier molecular flexibility index (Phi) is 2.40. The van der Waals surface area contributed by atoms with E-state index in [2.05, 4.69) is 0 Å². The molecule has 1 aromatic heterocycles. The number of nitrogens with zero attached hydrogens (tertiary/aromatic N) is 1. The predicted molar refractivity (Wildman–Crippen MR) is 62.9 cm³/mol. The Morgan fingerprint density at radius 3 is 2.38 bits per heavy atom. The minimum atomic E-state index is -0.186. The Bertz CT molecular complexity index is 571. The number of aryl methyl sites for hydroxylation is 1. The van der Waals surface area contributed by atoms with Crippen molar-refractivity contribution in [1.29, 1.82) is 0 Å². The van der Waals surface area contributed by atoms with Crippen molar-refractivity contribution in [1.82, 2.24) is 4.57 Å². The highest BCUT2D eigenvalue weighted by atomic mass is 16.3. The third kappa shape index (κ3) is 1.65. The van der Waals surface area contributed by atoms with E-state index in [1.807, 2.05) is 6.92 Å². The summed E-state index contributed by atoms with van der Waals surface area (Å²) in [7, 11) is 0. The van der Waals surface area contributed by atoms with E-state index in [1.54, 1.807) is 18.2 Å². The van der Waals surface area contributed by atoms with Crippen LogP contribution in [-0.4, -0.2) is 9.67 Å². The smallest absolute Gasteiger partial charge is 0.256 e. The first kappa shape index (κ1) is 10.3. The van der Waals surface area contributed by atoms with E-state index >= 15 is 0 Å². The first-order valence-corrected chi connectivity index (χ1v) is 4.87. The van der Waals surface area contributed by atoms with Gasteiger partial charge in [0.25, 0.3) is 5.56 Å². The van der Waals surface area contributed by atoms with Crippen LogP contribution < -0.4 is 11.3 Å². The molecule has 4 heteroatoms. The molecule has 0 aliphatic rings. The molecule has 2 rings (SSSR count). The third-order valence-electron chi connectivity index (χ3n) is 2.45. The van der Waals surface area contributed by atoms with Crippen LogP contribution in [0.15, 0.2) is 41.2 Å². The molecule has 0 saturated heterocycles. The highest BCUT2D eigenvalue weighted by Crippen LogP contribution is 2.16. The lowest BCUT2D eigenvalue weighted by atomic mass is 10.2. The van der Waals surface area contributed by atoms with Crippen molar-refractivity contribution < 1.29 is 5.11 Å². The van der Waals surface area contributed by atoms with E-state index in [9.17, 15) is 9.90 Å². The summed E-state index contributed by atoms with van der Waals surface area (Å²) >= 11 is 0. The zero-order valence-corrected chi connectivity index (χ0v) is 8.84. The van der Waals surface area contributed by atoms with Crippen LogP contribution in [0, 0.1) is 6.92 Å². The molecular weight excluding hydrogens is 204 g/mol. The summed E-state index contributed by atoms with van der Waals surface area (Å²) in [5.74, 6) is 0.571. The van der Waals surface area contributed by atoms with Gasteiger partial charge in [0.2, 0.25) is 0 Å². The second-order valence-electron chi connectivity index (χ2n) is 3.59. The maximum atomic E-state index is 11.7. The van der Waals surface area contributed by atoms with Gasteiger partial charge in [0.15, 0.2) is 0 Å². The molecule has 0 fully saturated rings. The van der Waals surface area contributed by atoms with Crippen molar-refractivity contribution in [3.63, 3.8) is 0 Å². The van der Waals surface area contributed by atoms with Gasteiger partial charge in [0, 0.05) is 6.07 Å². The lowest BCUT2D eigenvalue weighted by molar-refractivity contribution is 0.475. The lowest BCUT2D eigenvalue weighted by Crippen LogP contribution is -2.20. The fraction of sp³-hybridized carbons (Fsp3) is 0.0833. The summed E-state index contributed by atoms with van der Waals surface area (Å²) in [5, 5.41) is 9.18. The normalized spacial score (nSPS) is 10.3. The second kappa shape index (κ2) is 3.73. The number of nitrogen functional groups attached to an aromatic ring is 1. The van der Waals surface area contributed by atoms with Crippen LogP contribution in [0.1, 0.15) is 5.56 Å². The summed E-state index contributed by atoms with van der Waals surface area (Å²) in [4.78, 5) is 11.7. The van der Waals surface area contributed by atoms with Crippen LogP contribution in [0.3, 0.4) is 0 Å². The summed E-state index contributed by atoms with van der Waals surface area (Å²) in [6.07, 6.45) is 0. The average Bonchev–Trinajstić information content (AvgIpc) is 2.27. The lowest BCUT2D eigenvalue weighted by Gasteiger charge is -2.11. The molecule has 4 nitrogen and oxygen atoms in total. The number of aromatic hydroxyl groups is 1. The number of aromatic nitrogens is 1. The summed E-state index contributed by atoms with van der Waals surface area (Å²) in [6, 6.07) is 9.49. The van der Waals surface area contributed by atoms with Crippen molar-refractivity contribution in [3.05, 3.63) is 52.3 Å². The number of hydrogen-bond donors (Lipinski definition) is 2. The molecule has 16 heavy (non-hydrogen) atoms. The van der Waals surface area contributed by atoms with Crippen molar-refractivity contribution in [3.8, 4) is 11.4 Å². The Hall–Kier alpha value is -2.23. The molecular formula is C12H12N2O2. The molecule has 0 unspecified atom stereocenters. The van der Waals surface area contributed by atoms with Crippen LogP contribution in [0.4, 0.5) is 5.82 Å². The number of phenolic OH excluding ortho intramolecular Hbond substituents is 1. The van der Waals surface area contributed by atoms with Crippen molar-refractivity contribution >= 4 is 5.82 Å². The number of pyridine rings is 1. The molecule has 3 N–H and O–H groups in total. The number of phenols is 1. The SMILES string of the molecule is Cc1ccc(=O)n(-c2ccc(O)cc2)c1N. The van der Waals surface area contributed by atoms with Gasteiger partial charge in [-0.1, -0.05) is 6.07 Å². The Morgan fingerprint density at radius 2 is 1.75 bits per heavy atom. The molecule has 0 aliphatic heterocycles. The number of anilines is 1. The molecule has 0 bridgehead atoms. The molecule has 82 valence electrons. The Morgan fingerprint density at radius 1 is 1.12 bits per heavy atom. The van der Waals surface area contributed by atoms with Crippen LogP contribution in [0.5, 0.6) is 5.75 Å². The maximum Gasteiger partial charge on any atom is 0.256 e. The molecule has 0 radical (unpaired) electrons. The van der Waals surface area contributed by atoms with Crippen LogP contribution >= 0.6 is 0 Å². The largest absolute Gasteiger partial charge is 0.508 e. The van der Waals surface area contributed by atoms with Crippen molar-refractivity contribution in [2.75, 3.05) is 5.73 Å². The summed E-state index contributed by atoms with van der Waals surface area (Å²) in [6.45, 7) is 1.84. The molecule has 0 spiro atoms. The second-order valence-corrected chi connectivity index (χ2v) is 3.59. The zero-order chi connectivity index (χ0) is 11.7. The first-order chi connectivity index (χ1) is 7.59. The minimum Gasteiger partial charge on any atom is -0.508 e. The minimum absolute atomic E-state index is 0.156. The summed E-state index contributed by atoms with van der Waals surface area (Å²) in [5.41, 5.74) is 7.15. The van der Waals surface area contributed by atoms with E-state index in [4.69, 9.17) is 5.73 Å². The van der Waals surface area contributed by atoms with Gasteiger partial charge < -0.3 is 10.8 Å². The molecule has 0 atom stereocenters. The van der Waals surface area contributed by atoms with Crippen LogP contribution in [0.2, 0.25) is 0 Å². The quantitative estimate of drug-likeness (QED) is 0.757. The van der Waals surface area contributed by atoms with E-state index in [0.717, 1.165) is 5.56 Å². The van der Waals surface area contributed by atoms with Crippen molar-refractivity contribution in [2.24, 2.45) is 0 Å². The summed E-state index contributed by atoms with van der Waals surface area (Å²) < 4.78 is 1.41. The van der Waals surface area contributed by atoms with E-state index in [1.165, 1.54) is 22.8 Å². The topological polar surface area (TPSA) is 68.2 Å². The first-order valence-electron chi connectivity index (χ1n) is 4.87. The Labute approximate surface area is 92.6 Å². The number of benzene rings is 1. The van der Waals surface area contributed by atoms with Gasteiger partial charge in [-0.3, -0.25) is 9.36 Å². The molecule has 1 aromatic carbocycles. The van der Waals surface area contributed by atoms with Gasteiger partial charge in [-0.2, -0.15) is 0 Å². The Balaban J connectivity index is 2.68. The fourth-order valence-corrected chi connectivity index (χ4v) is 1.52. The van der Waals surface area contributed by atoms with Crippen LogP contribution in [-0.2, 0) is 0 Å². The van der Waals surface area contributed by atoms with Gasteiger partial charge >= 0.3 is 0 Å². The number of nitrogens with two attached hydrogens (primary N) is 1. The van der Waals surface area contributed by atoms with Gasteiger partial charge in [-0.25, -0.2) is 0 Å². The van der Waals surface area contributed by atoms with Gasteiger partial charge in [0.05, 0.1) is 5.69 Å². The fourth-order valence-electron chi connectivity index (χ4n) is 1.52. The average molecular weight is 216 g/mol. The highest BCUT2D eigenvalue weighted by Gasteiger charge is 2.05. The van der Waals surface area contributed by atoms with Gasteiger partial charge in [-0.05, 0) is 36.8 Å². The van der Waals surface area contributed by atoms with E-state index in [-0.39, 0.29) is 11.3 Å². The van der Waals surface area contributed by atoms with E-state index in [0.29, 0.717) is 11.5 Å². The third-order valence-corrected chi connectivity index (χ3v) is 2.45.